The van der Waals surface area contributed by atoms with Gasteiger partial charge in [0.05, 0.1) is 24.8 Å². The van der Waals surface area contributed by atoms with Crippen LogP contribution in [0.25, 0.3) is 0 Å². The summed E-state index contributed by atoms with van der Waals surface area (Å²) < 4.78 is 5.65. The van der Waals surface area contributed by atoms with Gasteiger partial charge in [0.25, 0.3) is 5.91 Å². The second-order valence-corrected chi connectivity index (χ2v) is 8.21. The third kappa shape index (κ3) is 4.46. The molecule has 5 nitrogen and oxygen atoms in total. The van der Waals surface area contributed by atoms with E-state index >= 15 is 0 Å². The summed E-state index contributed by atoms with van der Waals surface area (Å²) in [5.41, 5.74) is 0.521. The van der Waals surface area contributed by atoms with E-state index in [4.69, 9.17) is 4.74 Å². The monoisotopic (exact) mass is 375 g/mol. The highest BCUT2D eigenvalue weighted by atomic mass is 16.5. The molecule has 2 fully saturated rings. The van der Waals surface area contributed by atoms with Gasteiger partial charge in [0, 0.05) is 18.9 Å². The zero-order valence-corrected chi connectivity index (χ0v) is 16.8. The van der Waals surface area contributed by atoms with E-state index in [9.17, 15) is 9.90 Å². The number of rotatable bonds is 7. The molecule has 1 saturated heterocycles. The summed E-state index contributed by atoms with van der Waals surface area (Å²) in [5.74, 6) is 1.15. The Morgan fingerprint density at radius 2 is 2.15 bits per heavy atom. The highest BCUT2D eigenvalue weighted by molar-refractivity contribution is 5.76. The summed E-state index contributed by atoms with van der Waals surface area (Å²) in [6, 6.07) is 8.21. The van der Waals surface area contributed by atoms with Gasteiger partial charge < -0.3 is 20.1 Å². The number of unbranched alkanes of at least 4 members (excludes halogenated alkanes) is 1. The number of amides is 1. The summed E-state index contributed by atoms with van der Waals surface area (Å²) in [6.45, 7) is 4.15. The molecule has 1 amide bonds. The maximum absolute atomic E-state index is 12.5. The van der Waals surface area contributed by atoms with E-state index in [1.165, 1.54) is 4.90 Å². The molecule has 1 unspecified atom stereocenters. The van der Waals surface area contributed by atoms with Crippen molar-refractivity contribution in [1.29, 1.82) is 0 Å². The van der Waals surface area contributed by atoms with Crippen molar-refractivity contribution >= 4 is 5.91 Å². The van der Waals surface area contributed by atoms with E-state index in [-0.39, 0.29) is 17.9 Å². The largest absolute Gasteiger partial charge is 0.496 e. The van der Waals surface area contributed by atoms with E-state index in [0.29, 0.717) is 6.54 Å². The molecule has 1 aliphatic heterocycles. The van der Waals surface area contributed by atoms with Crippen LogP contribution in [0.2, 0.25) is 0 Å². The van der Waals surface area contributed by atoms with Gasteiger partial charge in [0.2, 0.25) is 0 Å². The number of para-hydroxylation sites is 1. The zero-order chi connectivity index (χ0) is 19.3. The van der Waals surface area contributed by atoms with Crippen LogP contribution >= 0.6 is 0 Å². The first-order valence-corrected chi connectivity index (χ1v) is 10.6. The number of benzene rings is 1. The van der Waals surface area contributed by atoms with Crippen LogP contribution in [0.5, 0.6) is 5.75 Å². The van der Waals surface area contributed by atoms with E-state index in [0.717, 1.165) is 69.3 Å². The van der Waals surface area contributed by atoms with Gasteiger partial charge in [-0.2, -0.15) is 0 Å². The van der Waals surface area contributed by atoms with Crippen molar-refractivity contribution < 1.29 is 19.5 Å². The molecule has 0 aromatic heterocycles. The molecule has 4 atom stereocenters. The highest BCUT2D eigenvalue weighted by Gasteiger charge is 2.52. The average molecular weight is 376 g/mol. The van der Waals surface area contributed by atoms with Gasteiger partial charge in [-0.25, -0.2) is 0 Å². The van der Waals surface area contributed by atoms with Crippen molar-refractivity contribution in [3.8, 4) is 5.75 Å². The minimum Gasteiger partial charge on any atom is -0.496 e. The Hall–Kier alpha value is -1.59. The van der Waals surface area contributed by atoms with Gasteiger partial charge in [0.1, 0.15) is 11.8 Å². The number of ether oxygens (including phenoxy) is 1. The third-order valence-corrected chi connectivity index (χ3v) is 6.50. The standard InChI is InChI=1S/C22H34N2O3/c1-3-4-14-23-20(25)16-24-15-13-22(26)12-8-7-10-18(22)21(24)17-9-5-6-11-19(17)27-2/h5-6,9,11,18,21,26H,3-4,7-8,10,12-16H2,1-2H3,(H,23,25)/p+1/t18-,21+,22+/m1/s1. The summed E-state index contributed by atoms with van der Waals surface area (Å²) in [5, 5.41) is 14.4. The minimum atomic E-state index is -0.605. The van der Waals surface area contributed by atoms with E-state index in [2.05, 4.69) is 18.3 Å². The van der Waals surface area contributed by atoms with E-state index in [1.54, 1.807) is 7.11 Å². The molecule has 3 N–H and O–H groups in total. The topological polar surface area (TPSA) is 63.0 Å². The Bertz CT molecular complexity index is 636. The Labute approximate surface area is 163 Å². The fourth-order valence-corrected chi connectivity index (χ4v) is 5.09. The number of aliphatic hydroxyl groups is 1. The van der Waals surface area contributed by atoms with Crippen molar-refractivity contribution in [1.82, 2.24) is 5.32 Å². The highest BCUT2D eigenvalue weighted by Crippen LogP contribution is 2.45. The molecule has 1 saturated carbocycles. The predicted octanol–water partition coefficient (Wildman–Crippen LogP) is 1.86. The molecular weight excluding hydrogens is 340 g/mol. The molecule has 5 heteroatoms. The first-order valence-electron chi connectivity index (χ1n) is 10.6. The molecule has 3 rings (SSSR count). The SMILES string of the molecule is CCCCNC(=O)C[NH+]1CC[C@@]2(O)CCCC[C@@H]2[C@@H]1c1ccccc1OC. The number of carbonyl (C=O) groups excluding carboxylic acids is 1. The molecule has 27 heavy (non-hydrogen) atoms. The molecule has 150 valence electrons. The number of likely N-dealkylation sites (tertiary alicyclic amines) is 1. The van der Waals surface area contributed by atoms with Gasteiger partial charge in [-0.05, 0) is 31.4 Å². The fraction of sp³-hybridized carbons (Fsp3) is 0.682. The normalized spacial score (nSPS) is 30.4. The first-order chi connectivity index (χ1) is 13.1. The second kappa shape index (κ2) is 9.07. The maximum Gasteiger partial charge on any atom is 0.275 e. The fourth-order valence-electron chi connectivity index (χ4n) is 5.09. The van der Waals surface area contributed by atoms with Crippen molar-refractivity contribution in [2.24, 2.45) is 5.92 Å². The van der Waals surface area contributed by atoms with Crippen LogP contribution in [0.3, 0.4) is 0 Å². The van der Waals surface area contributed by atoms with Crippen LogP contribution < -0.4 is 15.0 Å². The Balaban J connectivity index is 1.86. The van der Waals surface area contributed by atoms with Gasteiger partial charge in [-0.3, -0.25) is 4.79 Å². The van der Waals surface area contributed by atoms with E-state index in [1.807, 2.05) is 18.2 Å². The number of hydrogen-bond donors (Lipinski definition) is 3. The van der Waals surface area contributed by atoms with Crippen molar-refractivity contribution in [3.05, 3.63) is 29.8 Å². The number of methoxy groups -OCH3 is 1. The van der Waals surface area contributed by atoms with Gasteiger partial charge in [0.15, 0.2) is 6.54 Å². The number of nitrogens with one attached hydrogen (secondary N) is 2. The molecule has 1 aromatic rings. The Morgan fingerprint density at radius 3 is 2.93 bits per heavy atom. The van der Waals surface area contributed by atoms with E-state index < -0.39 is 5.60 Å². The summed E-state index contributed by atoms with van der Waals surface area (Å²) in [6.07, 6.45) is 7.00. The number of carbonyl (C=O) groups is 1. The smallest absolute Gasteiger partial charge is 0.275 e. The molecule has 0 bridgehead atoms. The average Bonchev–Trinajstić information content (AvgIpc) is 2.68. The molecule has 1 heterocycles. The van der Waals surface area contributed by atoms with Gasteiger partial charge >= 0.3 is 0 Å². The van der Waals surface area contributed by atoms with Crippen LogP contribution in [0.4, 0.5) is 0 Å². The molecule has 1 aliphatic carbocycles. The molecule has 0 radical (unpaired) electrons. The first kappa shape index (κ1) is 20.2. The molecule has 0 spiro atoms. The van der Waals surface area contributed by atoms with Crippen molar-refractivity contribution in [2.75, 3.05) is 26.7 Å². The van der Waals surface area contributed by atoms with Gasteiger partial charge in [-0.1, -0.05) is 38.3 Å². The molecule has 2 aliphatic rings. The minimum absolute atomic E-state index is 0.0946. The zero-order valence-electron chi connectivity index (χ0n) is 16.8. The lowest BCUT2D eigenvalue weighted by Crippen LogP contribution is -3.16. The lowest BCUT2D eigenvalue weighted by Gasteiger charge is -2.50. The van der Waals surface area contributed by atoms with Crippen LogP contribution in [0.1, 0.15) is 63.5 Å². The number of fused-ring (bicyclic) bond motifs is 1. The summed E-state index contributed by atoms with van der Waals surface area (Å²) in [4.78, 5) is 13.8. The Kier molecular flexibility index (Phi) is 6.77. The quantitative estimate of drug-likeness (QED) is 0.638. The number of quaternary nitrogens is 1. The second-order valence-electron chi connectivity index (χ2n) is 8.21. The van der Waals surface area contributed by atoms with Crippen LogP contribution in [-0.4, -0.2) is 43.4 Å². The summed E-state index contributed by atoms with van der Waals surface area (Å²) in [7, 11) is 1.70. The lowest BCUT2D eigenvalue weighted by molar-refractivity contribution is -0.937. The maximum atomic E-state index is 12.5. The number of piperidine rings is 1. The molecular formula is C22H35N2O3+. The van der Waals surface area contributed by atoms with Crippen molar-refractivity contribution in [3.63, 3.8) is 0 Å². The lowest BCUT2D eigenvalue weighted by atomic mass is 9.66. The number of hydrogen-bond acceptors (Lipinski definition) is 3. The predicted molar refractivity (Wildman–Crippen MR) is 106 cm³/mol. The Morgan fingerprint density at radius 1 is 1.33 bits per heavy atom. The van der Waals surface area contributed by atoms with Crippen LogP contribution in [-0.2, 0) is 4.79 Å². The van der Waals surface area contributed by atoms with Gasteiger partial charge in [-0.15, -0.1) is 0 Å². The molecule has 1 aromatic carbocycles. The van der Waals surface area contributed by atoms with Crippen LogP contribution in [0.15, 0.2) is 24.3 Å². The van der Waals surface area contributed by atoms with Crippen molar-refractivity contribution in [2.45, 2.75) is 63.5 Å². The summed E-state index contributed by atoms with van der Waals surface area (Å²) >= 11 is 0. The third-order valence-electron chi connectivity index (χ3n) is 6.50. The van der Waals surface area contributed by atoms with Crippen LogP contribution in [0, 0.1) is 5.92 Å².